The van der Waals surface area contributed by atoms with E-state index in [1.165, 1.54) is 18.2 Å². The van der Waals surface area contributed by atoms with Gasteiger partial charge in [-0.3, -0.25) is 4.79 Å². The molecule has 3 rings (SSSR count). The number of rotatable bonds is 7. The van der Waals surface area contributed by atoms with Crippen LogP contribution in [-0.4, -0.2) is 19.1 Å². The molecule has 1 amide bonds. The zero-order chi connectivity index (χ0) is 19.2. The van der Waals surface area contributed by atoms with Gasteiger partial charge in [-0.25, -0.2) is 9.18 Å². The van der Waals surface area contributed by atoms with Crippen LogP contribution in [0.4, 0.5) is 4.39 Å². The molecule has 0 aliphatic carbocycles. The van der Waals surface area contributed by atoms with Crippen LogP contribution in [0.2, 0.25) is 0 Å². The Bertz CT molecular complexity index is 995. The van der Waals surface area contributed by atoms with Crippen molar-refractivity contribution in [2.45, 2.75) is 19.8 Å². The lowest BCUT2D eigenvalue weighted by Gasteiger charge is -2.09. The number of carbonyl (C=O) groups excluding carboxylic acids is 1. The highest BCUT2D eigenvalue weighted by Gasteiger charge is 2.07. The summed E-state index contributed by atoms with van der Waals surface area (Å²) in [7, 11) is 0. The second-order valence-electron chi connectivity index (χ2n) is 6.12. The number of ether oxygens (including phenoxy) is 1. The van der Waals surface area contributed by atoms with Crippen molar-refractivity contribution in [1.82, 2.24) is 5.32 Å². The second kappa shape index (κ2) is 8.49. The maximum absolute atomic E-state index is 12.9. The Hall–Kier alpha value is -3.15. The lowest BCUT2D eigenvalue weighted by molar-refractivity contribution is -0.123. The Morgan fingerprint density at radius 2 is 1.93 bits per heavy atom. The summed E-state index contributed by atoms with van der Waals surface area (Å²) in [5.41, 5.74) is 1.88. The van der Waals surface area contributed by atoms with Crippen molar-refractivity contribution in [2.24, 2.45) is 0 Å². The molecule has 0 aliphatic rings. The van der Waals surface area contributed by atoms with Crippen LogP contribution in [0.15, 0.2) is 57.7 Å². The first-order valence-electron chi connectivity index (χ1n) is 8.76. The molecule has 0 radical (unpaired) electrons. The minimum Gasteiger partial charge on any atom is -0.484 e. The molecule has 0 saturated heterocycles. The van der Waals surface area contributed by atoms with Gasteiger partial charge in [0.25, 0.3) is 5.91 Å². The number of carbonyl (C=O) groups is 1. The molecule has 0 spiro atoms. The van der Waals surface area contributed by atoms with Gasteiger partial charge in [-0.1, -0.05) is 19.1 Å². The second-order valence-corrected chi connectivity index (χ2v) is 6.12. The van der Waals surface area contributed by atoms with E-state index in [4.69, 9.17) is 9.15 Å². The Labute approximate surface area is 155 Å². The van der Waals surface area contributed by atoms with E-state index in [9.17, 15) is 14.0 Å². The van der Waals surface area contributed by atoms with Gasteiger partial charge in [0.1, 0.15) is 17.1 Å². The number of aryl methyl sites for hydroxylation is 1. The van der Waals surface area contributed by atoms with E-state index < -0.39 is 5.63 Å². The highest BCUT2D eigenvalue weighted by atomic mass is 19.1. The Kier molecular flexibility index (Phi) is 5.86. The van der Waals surface area contributed by atoms with Gasteiger partial charge < -0.3 is 14.5 Å². The molecule has 27 heavy (non-hydrogen) atoms. The highest BCUT2D eigenvalue weighted by Crippen LogP contribution is 2.22. The molecule has 0 fully saturated rings. The molecular weight excluding hydrogens is 349 g/mol. The van der Waals surface area contributed by atoms with Crippen molar-refractivity contribution in [3.8, 4) is 5.75 Å². The minimum absolute atomic E-state index is 0.146. The molecule has 5 nitrogen and oxygen atoms in total. The third kappa shape index (κ3) is 4.94. The van der Waals surface area contributed by atoms with E-state index in [-0.39, 0.29) is 18.3 Å². The summed E-state index contributed by atoms with van der Waals surface area (Å²) in [5.74, 6) is -0.0954. The molecule has 0 unspecified atom stereocenters. The van der Waals surface area contributed by atoms with Gasteiger partial charge in [0.05, 0.1) is 0 Å². The van der Waals surface area contributed by atoms with E-state index in [0.717, 1.165) is 22.9 Å². The van der Waals surface area contributed by atoms with Crippen LogP contribution in [0.1, 0.15) is 18.1 Å². The summed E-state index contributed by atoms with van der Waals surface area (Å²) >= 11 is 0. The van der Waals surface area contributed by atoms with Gasteiger partial charge in [0.2, 0.25) is 0 Å². The number of halogens is 1. The van der Waals surface area contributed by atoms with Crippen molar-refractivity contribution in [2.75, 3.05) is 13.2 Å². The summed E-state index contributed by atoms with van der Waals surface area (Å²) < 4.78 is 23.5. The zero-order valence-corrected chi connectivity index (χ0v) is 15.0. The first-order valence-corrected chi connectivity index (χ1v) is 8.76. The molecule has 140 valence electrons. The molecule has 1 aromatic heterocycles. The molecule has 1 N–H and O–H groups in total. The Balaban J connectivity index is 1.54. The summed E-state index contributed by atoms with van der Waals surface area (Å²) in [4.78, 5) is 23.5. The number of hydrogen-bond acceptors (Lipinski definition) is 4. The normalized spacial score (nSPS) is 10.7. The van der Waals surface area contributed by atoms with Crippen LogP contribution in [-0.2, 0) is 17.6 Å². The number of hydrogen-bond donors (Lipinski definition) is 1. The van der Waals surface area contributed by atoms with Gasteiger partial charge >= 0.3 is 5.63 Å². The van der Waals surface area contributed by atoms with Crippen LogP contribution in [0, 0.1) is 5.82 Å². The molecule has 0 saturated carbocycles. The first-order chi connectivity index (χ1) is 13.0. The van der Waals surface area contributed by atoms with Crippen molar-refractivity contribution in [3.05, 3.63) is 75.9 Å². The third-order valence-corrected chi connectivity index (χ3v) is 4.20. The molecule has 6 heteroatoms. The van der Waals surface area contributed by atoms with Gasteiger partial charge in [-0.2, -0.15) is 0 Å². The molecular formula is C21H20FNO4. The van der Waals surface area contributed by atoms with Gasteiger partial charge in [0.15, 0.2) is 6.61 Å². The highest BCUT2D eigenvalue weighted by molar-refractivity contribution is 5.82. The minimum atomic E-state index is -0.407. The number of nitrogens with one attached hydrogen (secondary N) is 1. The predicted molar refractivity (Wildman–Crippen MR) is 100 cm³/mol. The topological polar surface area (TPSA) is 68.5 Å². The third-order valence-electron chi connectivity index (χ3n) is 4.20. The van der Waals surface area contributed by atoms with E-state index >= 15 is 0 Å². The zero-order valence-electron chi connectivity index (χ0n) is 15.0. The van der Waals surface area contributed by atoms with Crippen LogP contribution in [0.3, 0.4) is 0 Å². The lowest BCUT2D eigenvalue weighted by atomic mass is 10.1. The molecule has 3 aromatic rings. The Morgan fingerprint density at radius 1 is 1.15 bits per heavy atom. The summed E-state index contributed by atoms with van der Waals surface area (Å²) in [6, 6.07) is 12.8. The largest absolute Gasteiger partial charge is 0.484 e. The van der Waals surface area contributed by atoms with Crippen LogP contribution in [0.5, 0.6) is 5.75 Å². The molecule has 2 aromatic carbocycles. The molecule has 0 atom stereocenters. The predicted octanol–water partition coefficient (Wildman–Crippen LogP) is 3.23. The van der Waals surface area contributed by atoms with Crippen LogP contribution < -0.4 is 15.7 Å². The molecule has 1 heterocycles. The van der Waals surface area contributed by atoms with Crippen molar-refractivity contribution >= 4 is 16.9 Å². The van der Waals surface area contributed by atoms with Crippen LogP contribution in [0.25, 0.3) is 11.0 Å². The quantitative estimate of drug-likeness (QED) is 0.649. The fourth-order valence-corrected chi connectivity index (χ4v) is 2.79. The van der Waals surface area contributed by atoms with E-state index in [2.05, 4.69) is 5.32 Å². The fourth-order valence-electron chi connectivity index (χ4n) is 2.79. The summed E-state index contributed by atoms with van der Waals surface area (Å²) in [5, 5.41) is 3.60. The van der Waals surface area contributed by atoms with E-state index in [1.807, 2.05) is 13.0 Å². The summed E-state index contributed by atoms with van der Waals surface area (Å²) in [6.07, 6.45) is 1.33. The fraction of sp³-hybridized carbons (Fsp3) is 0.238. The maximum atomic E-state index is 12.9. The summed E-state index contributed by atoms with van der Waals surface area (Å²) in [6.45, 7) is 2.25. The van der Waals surface area contributed by atoms with Crippen LogP contribution >= 0.6 is 0 Å². The van der Waals surface area contributed by atoms with Crippen molar-refractivity contribution in [1.29, 1.82) is 0 Å². The van der Waals surface area contributed by atoms with Gasteiger partial charge in [0, 0.05) is 24.1 Å². The lowest BCUT2D eigenvalue weighted by Crippen LogP contribution is -2.30. The standard InChI is InChI=1S/C21H20FNO4/c1-2-15-11-21(25)27-19-12-17(7-8-18(15)19)26-13-20(24)23-10-9-14-3-5-16(22)6-4-14/h3-8,11-12H,2,9-10,13H2,1H3,(H,23,24). The first kappa shape index (κ1) is 18.6. The average molecular weight is 369 g/mol. The monoisotopic (exact) mass is 369 g/mol. The van der Waals surface area contributed by atoms with Crippen molar-refractivity contribution in [3.63, 3.8) is 0 Å². The number of fused-ring (bicyclic) bond motifs is 1. The SMILES string of the molecule is CCc1cc(=O)oc2cc(OCC(=O)NCCc3ccc(F)cc3)ccc12. The number of amides is 1. The van der Waals surface area contributed by atoms with Crippen molar-refractivity contribution < 1.29 is 18.3 Å². The van der Waals surface area contributed by atoms with E-state index in [1.54, 1.807) is 24.3 Å². The Morgan fingerprint density at radius 3 is 2.67 bits per heavy atom. The number of benzene rings is 2. The van der Waals surface area contributed by atoms with E-state index in [0.29, 0.717) is 24.3 Å². The smallest absolute Gasteiger partial charge is 0.336 e. The maximum Gasteiger partial charge on any atom is 0.336 e. The average Bonchev–Trinajstić information content (AvgIpc) is 2.67. The molecule has 0 aliphatic heterocycles. The molecule has 0 bridgehead atoms. The van der Waals surface area contributed by atoms with Gasteiger partial charge in [-0.05, 0) is 48.2 Å². The van der Waals surface area contributed by atoms with Gasteiger partial charge in [-0.15, -0.1) is 0 Å².